The van der Waals surface area contributed by atoms with Gasteiger partial charge in [0, 0.05) is 30.6 Å². The lowest BCUT2D eigenvalue weighted by molar-refractivity contribution is -0.384. The number of rotatable bonds is 6. The molecule has 0 spiro atoms. The van der Waals surface area contributed by atoms with E-state index in [1.165, 1.54) is 12.1 Å². The first-order valence-electron chi connectivity index (χ1n) is 8.66. The van der Waals surface area contributed by atoms with Gasteiger partial charge in [0.2, 0.25) is 0 Å². The molecular weight excluding hydrogens is 330 g/mol. The van der Waals surface area contributed by atoms with Crippen molar-refractivity contribution in [3.63, 3.8) is 0 Å². The lowest BCUT2D eigenvalue weighted by atomic mass is 9.92. The zero-order chi connectivity index (χ0) is 19.4. The summed E-state index contributed by atoms with van der Waals surface area (Å²) in [7, 11) is 1.68. The number of non-ortho nitro benzene ring substituents is 1. The second-order valence-corrected chi connectivity index (χ2v) is 6.81. The SMILES string of the molecule is CNc1ccc([N+](=O)[O-])cc1C(=O)Nc1c(C(C)C)cccc1C(C)C. The highest BCUT2D eigenvalue weighted by Gasteiger charge is 2.20. The molecule has 0 aliphatic heterocycles. The quantitative estimate of drug-likeness (QED) is 0.555. The van der Waals surface area contributed by atoms with Gasteiger partial charge in [-0.1, -0.05) is 45.9 Å². The van der Waals surface area contributed by atoms with Crippen LogP contribution < -0.4 is 10.6 Å². The van der Waals surface area contributed by atoms with Crippen LogP contribution in [0.3, 0.4) is 0 Å². The molecule has 0 unspecified atom stereocenters. The number of amides is 1. The van der Waals surface area contributed by atoms with Gasteiger partial charge < -0.3 is 10.6 Å². The number of hydrogen-bond donors (Lipinski definition) is 2. The summed E-state index contributed by atoms with van der Waals surface area (Å²) in [6.07, 6.45) is 0. The average molecular weight is 355 g/mol. The fourth-order valence-corrected chi connectivity index (χ4v) is 2.93. The molecule has 6 heteroatoms. The summed E-state index contributed by atoms with van der Waals surface area (Å²) in [5, 5.41) is 17.0. The fourth-order valence-electron chi connectivity index (χ4n) is 2.93. The summed E-state index contributed by atoms with van der Waals surface area (Å²) in [5.74, 6) is 0.101. The van der Waals surface area contributed by atoms with E-state index in [4.69, 9.17) is 0 Å². The third-order valence-electron chi connectivity index (χ3n) is 4.34. The predicted octanol–water partition coefficient (Wildman–Crippen LogP) is 5.14. The van der Waals surface area contributed by atoms with Crippen molar-refractivity contribution >= 4 is 23.0 Å². The maximum atomic E-state index is 12.9. The van der Waals surface area contributed by atoms with E-state index in [-0.39, 0.29) is 29.0 Å². The van der Waals surface area contributed by atoms with Gasteiger partial charge in [-0.05, 0) is 29.0 Å². The third kappa shape index (κ3) is 4.02. The number of para-hydroxylation sites is 1. The maximum absolute atomic E-state index is 12.9. The van der Waals surface area contributed by atoms with Gasteiger partial charge in [-0.15, -0.1) is 0 Å². The van der Waals surface area contributed by atoms with Crippen molar-refractivity contribution in [3.05, 3.63) is 63.2 Å². The Bertz CT molecular complexity index is 803. The smallest absolute Gasteiger partial charge is 0.270 e. The summed E-state index contributed by atoms with van der Waals surface area (Å²) in [6.45, 7) is 8.28. The Morgan fingerprint density at radius 1 is 1.04 bits per heavy atom. The van der Waals surface area contributed by atoms with Crippen LogP contribution in [0, 0.1) is 10.1 Å². The molecule has 0 atom stereocenters. The fraction of sp³-hybridized carbons (Fsp3) is 0.350. The summed E-state index contributed by atoms with van der Waals surface area (Å²) < 4.78 is 0. The van der Waals surface area contributed by atoms with E-state index in [0.717, 1.165) is 16.8 Å². The maximum Gasteiger partial charge on any atom is 0.270 e. The predicted molar refractivity (Wildman–Crippen MR) is 105 cm³/mol. The molecule has 0 bridgehead atoms. The second kappa shape index (κ2) is 7.99. The Morgan fingerprint density at radius 2 is 1.62 bits per heavy atom. The van der Waals surface area contributed by atoms with E-state index in [9.17, 15) is 14.9 Å². The molecule has 2 aromatic rings. The lowest BCUT2D eigenvalue weighted by Crippen LogP contribution is -2.17. The van der Waals surface area contributed by atoms with Crippen LogP contribution in [0.15, 0.2) is 36.4 Å². The van der Waals surface area contributed by atoms with Gasteiger partial charge in [-0.3, -0.25) is 14.9 Å². The normalized spacial score (nSPS) is 10.9. The number of nitro benzene ring substituents is 1. The Balaban J connectivity index is 2.51. The molecule has 1 amide bonds. The number of carbonyl (C=O) groups excluding carboxylic acids is 1. The molecule has 138 valence electrons. The Labute approximate surface area is 153 Å². The van der Waals surface area contributed by atoms with E-state index in [1.807, 2.05) is 18.2 Å². The molecule has 0 saturated carbocycles. The van der Waals surface area contributed by atoms with Crippen LogP contribution in [-0.2, 0) is 0 Å². The molecule has 0 radical (unpaired) electrons. The van der Waals surface area contributed by atoms with E-state index in [1.54, 1.807) is 13.1 Å². The van der Waals surface area contributed by atoms with Crippen LogP contribution in [0.1, 0.15) is 61.0 Å². The summed E-state index contributed by atoms with van der Waals surface area (Å²) in [5.41, 5.74) is 3.55. The van der Waals surface area contributed by atoms with Crippen molar-refractivity contribution in [1.82, 2.24) is 0 Å². The van der Waals surface area contributed by atoms with Gasteiger partial charge in [0.25, 0.3) is 11.6 Å². The third-order valence-corrected chi connectivity index (χ3v) is 4.34. The number of carbonyl (C=O) groups is 1. The molecule has 2 rings (SSSR count). The van der Waals surface area contributed by atoms with Crippen LogP contribution in [-0.4, -0.2) is 17.9 Å². The molecule has 0 heterocycles. The second-order valence-electron chi connectivity index (χ2n) is 6.81. The van der Waals surface area contributed by atoms with E-state index in [2.05, 4.69) is 38.3 Å². The Kier molecular flexibility index (Phi) is 5.97. The van der Waals surface area contributed by atoms with Gasteiger partial charge in [-0.2, -0.15) is 0 Å². The Morgan fingerprint density at radius 3 is 2.08 bits per heavy atom. The van der Waals surface area contributed by atoms with Gasteiger partial charge in [0.05, 0.1) is 10.5 Å². The van der Waals surface area contributed by atoms with E-state index >= 15 is 0 Å². The molecule has 0 aliphatic carbocycles. The van der Waals surface area contributed by atoms with E-state index in [0.29, 0.717) is 5.69 Å². The highest BCUT2D eigenvalue weighted by molar-refractivity contribution is 6.09. The first-order chi connectivity index (χ1) is 12.3. The van der Waals surface area contributed by atoms with Gasteiger partial charge in [0.1, 0.15) is 0 Å². The van der Waals surface area contributed by atoms with Crippen molar-refractivity contribution in [3.8, 4) is 0 Å². The highest BCUT2D eigenvalue weighted by Crippen LogP contribution is 2.33. The topological polar surface area (TPSA) is 84.3 Å². The van der Waals surface area contributed by atoms with Crippen molar-refractivity contribution in [1.29, 1.82) is 0 Å². The van der Waals surface area contributed by atoms with Crippen LogP contribution in [0.25, 0.3) is 0 Å². The highest BCUT2D eigenvalue weighted by atomic mass is 16.6. The number of anilines is 2. The zero-order valence-electron chi connectivity index (χ0n) is 15.8. The first-order valence-corrected chi connectivity index (χ1v) is 8.66. The van der Waals surface area contributed by atoms with Gasteiger partial charge in [0.15, 0.2) is 0 Å². The molecule has 0 aromatic heterocycles. The van der Waals surface area contributed by atoms with Crippen LogP contribution in [0.4, 0.5) is 17.1 Å². The summed E-state index contributed by atoms with van der Waals surface area (Å²) in [6, 6.07) is 10.2. The molecule has 0 aliphatic rings. The number of nitrogens with zero attached hydrogens (tertiary/aromatic N) is 1. The van der Waals surface area contributed by atoms with Crippen molar-refractivity contribution in [2.24, 2.45) is 0 Å². The summed E-state index contributed by atoms with van der Waals surface area (Å²) in [4.78, 5) is 23.5. The summed E-state index contributed by atoms with van der Waals surface area (Å²) >= 11 is 0. The van der Waals surface area contributed by atoms with Crippen LogP contribution >= 0.6 is 0 Å². The number of nitrogens with one attached hydrogen (secondary N) is 2. The van der Waals surface area contributed by atoms with Crippen LogP contribution in [0.5, 0.6) is 0 Å². The molecular formula is C20H25N3O3. The molecule has 0 fully saturated rings. The van der Waals surface area contributed by atoms with Crippen LogP contribution in [0.2, 0.25) is 0 Å². The number of benzene rings is 2. The average Bonchev–Trinajstić information content (AvgIpc) is 2.60. The Hall–Kier alpha value is -2.89. The lowest BCUT2D eigenvalue weighted by Gasteiger charge is -2.20. The number of hydrogen-bond acceptors (Lipinski definition) is 4. The molecule has 2 N–H and O–H groups in total. The van der Waals surface area contributed by atoms with Gasteiger partial charge >= 0.3 is 0 Å². The molecule has 6 nitrogen and oxygen atoms in total. The minimum Gasteiger partial charge on any atom is -0.387 e. The van der Waals surface area contributed by atoms with Crippen molar-refractivity contribution in [2.75, 3.05) is 17.7 Å². The molecule has 2 aromatic carbocycles. The first kappa shape index (κ1) is 19.4. The monoisotopic (exact) mass is 355 g/mol. The van der Waals surface area contributed by atoms with Gasteiger partial charge in [-0.25, -0.2) is 0 Å². The number of nitro groups is 1. The zero-order valence-corrected chi connectivity index (χ0v) is 15.8. The molecule has 0 saturated heterocycles. The molecule has 26 heavy (non-hydrogen) atoms. The van der Waals surface area contributed by atoms with E-state index < -0.39 is 4.92 Å². The largest absolute Gasteiger partial charge is 0.387 e. The minimum atomic E-state index is -0.502. The van der Waals surface area contributed by atoms with Crippen molar-refractivity contribution < 1.29 is 9.72 Å². The van der Waals surface area contributed by atoms with Crippen molar-refractivity contribution in [2.45, 2.75) is 39.5 Å². The standard InChI is InChI=1S/C20H25N3O3/c1-12(2)15-7-6-8-16(13(3)4)19(15)22-20(24)17-11-14(23(25)26)9-10-18(17)21-5/h6-13,21H,1-5H3,(H,22,24). The minimum absolute atomic E-state index is 0.115.